The second-order valence-electron chi connectivity index (χ2n) is 5.59. The first-order valence-electron chi connectivity index (χ1n) is 7.51. The number of carbonyl (C=O) groups excluding carboxylic acids is 2. The van der Waals surface area contributed by atoms with Crippen LogP contribution < -0.4 is 5.32 Å². The summed E-state index contributed by atoms with van der Waals surface area (Å²) in [5.74, 6) is -0.797. The van der Waals surface area contributed by atoms with Crippen molar-refractivity contribution < 1.29 is 9.59 Å². The Kier molecular flexibility index (Phi) is 6.51. The van der Waals surface area contributed by atoms with Gasteiger partial charge >= 0.3 is 0 Å². The Labute approximate surface area is 151 Å². The summed E-state index contributed by atoms with van der Waals surface area (Å²) in [6.45, 7) is 0. The van der Waals surface area contributed by atoms with Gasteiger partial charge in [-0.25, -0.2) is 0 Å². The molecule has 0 spiro atoms. The monoisotopic (exact) mass is 373 g/mol. The van der Waals surface area contributed by atoms with Crippen molar-refractivity contribution in [3.05, 3.63) is 42.0 Å². The third-order valence-corrected chi connectivity index (χ3v) is 4.59. The number of ketones is 1. The summed E-state index contributed by atoms with van der Waals surface area (Å²) >= 11 is 18.0. The third-order valence-electron chi connectivity index (χ3n) is 3.88. The van der Waals surface area contributed by atoms with Crippen LogP contribution in [0.5, 0.6) is 0 Å². The quantitative estimate of drug-likeness (QED) is 0.630. The Morgan fingerprint density at radius 1 is 1.22 bits per heavy atom. The molecule has 1 N–H and O–H groups in total. The van der Waals surface area contributed by atoms with Crippen molar-refractivity contribution in [2.24, 2.45) is 5.92 Å². The van der Waals surface area contributed by atoms with Crippen LogP contribution in [0.3, 0.4) is 0 Å². The van der Waals surface area contributed by atoms with Crippen molar-refractivity contribution in [1.29, 1.82) is 0 Å². The van der Waals surface area contributed by atoms with E-state index in [1.807, 2.05) is 30.3 Å². The Morgan fingerprint density at radius 3 is 2.52 bits per heavy atom. The van der Waals surface area contributed by atoms with E-state index in [-0.39, 0.29) is 11.7 Å². The van der Waals surface area contributed by atoms with Gasteiger partial charge in [0.25, 0.3) is 0 Å². The van der Waals surface area contributed by atoms with Crippen LogP contribution in [0, 0.1) is 5.92 Å². The lowest BCUT2D eigenvalue weighted by Crippen LogP contribution is -2.51. The Balaban J connectivity index is 2.07. The molecule has 23 heavy (non-hydrogen) atoms. The van der Waals surface area contributed by atoms with Crippen molar-refractivity contribution in [3.63, 3.8) is 0 Å². The van der Waals surface area contributed by atoms with Crippen LogP contribution in [-0.2, 0) is 9.59 Å². The van der Waals surface area contributed by atoms with Gasteiger partial charge in [-0.1, -0.05) is 71.6 Å². The van der Waals surface area contributed by atoms with Gasteiger partial charge in [-0.2, -0.15) is 0 Å². The average molecular weight is 375 g/mol. The van der Waals surface area contributed by atoms with E-state index in [1.165, 1.54) is 6.08 Å². The van der Waals surface area contributed by atoms with E-state index in [4.69, 9.17) is 34.8 Å². The number of rotatable bonds is 4. The van der Waals surface area contributed by atoms with E-state index in [2.05, 4.69) is 5.32 Å². The molecule has 0 saturated heterocycles. The second kappa shape index (κ2) is 8.18. The number of hydrogen-bond donors (Lipinski definition) is 1. The van der Waals surface area contributed by atoms with Crippen LogP contribution in [0.2, 0.25) is 0 Å². The number of halogens is 3. The molecule has 124 valence electrons. The van der Waals surface area contributed by atoms with Gasteiger partial charge in [0.1, 0.15) is 5.78 Å². The van der Waals surface area contributed by atoms with Gasteiger partial charge in [0.15, 0.2) is 0 Å². The molecule has 2 rings (SSSR count). The molecule has 3 nitrogen and oxygen atoms in total. The van der Waals surface area contributed by atoms with Gasteiger partial charge < -0.3 is 5.32 Å². The van der Waals surface area contributed by atoms with E-state index in [0.717, 1.165) is 18.4 Å². The molecule has 0 heterocycles. The summed E-state index contributed by atoms with van der Waals surface area (Å²) in [5.41, 5.74) is 0.891. The summed E-state index contributed by atoms with van der Waals surface area (Å²) in [4.78, 5) is 24.2. The highest BCUT2D eigenvalue weighted by Gasteiger charge is 2.43. The van der Waals surface area contributed by atoms with Crippen LogP contribution in [0.15, 0.2) is 36.4 Å². The largest absolute Gasteiger partial charge is 0.345 e. The maximum absolute atomic E-state index is 12.1. The molecule has 0 aromatic heterocycles. The average Bonchev–Trinajstić information content (AvgIpc) is 2.51. The number of alkyl halides is 3. The first-order valence-corrected chi connectivity index (χ1v) is 8.64. The molecule has 0 bridgehead atoms. The molecule has 1 unspecified atom stereocenters. The molecule has 0 radical (unpaired) electrons. The Bertz CT molecular complexity index is 581. The number of carbonyl (C=O) groups is 2. The minimum atomic E-state index is -1.73. The smallest absolute Gasteiger partial charge is 0.244 e. The second-order valence-corrected chi connectivity index (χ2v) is 7.96. The number of nitrogens with one attached hydrogen (secondary N) is 1. The highest BCUT2D eigenvalue weighted by atomic mass is 35.6. The molecule has 6 heteroatoms. The molecule has 1 saturated carbocycles. The van der Waals surface area contributed by atoms with Crippen LogP contribution in [0.4, 0.5) is 0 Å². The first-order chi connectivity index (χ1) is 10.9. The topological polar surface area (TPSA) is 46.2 Å². The minimum Gasteiger partial charge on any atom is -0.345 e. The summed E-state index contributed by atoms with van der Waals surface area (Å²) in [6.07, 6.45) is 5.89. The maximum atomic E-state index is 12.1. The highest BCUT2D eigenvalue weighted by molar-refractivity contribution is 6.68. The summed E-state index contributed by atoms with van der Waals surface area (Å²) in [7, 11) is 0. The van der Waals surface area contributed by atoms with Crippen LogP contribution in [0.25, 0.3) is 6.08 Å². The lowest BCUT2D eigenvalue weighted by molar-refractivity contribution is -0.126. The molecule has 2 atom stereocenters. The summed E-state index contributed by atoms with van der Waals surface area (Å²) < 4.78 is -1.73. The fourth-order valence-corrected chi connectivity index (χ4v) is 3.33. The summed E-state index contributed by atoms with van der Waals surface area (Å²) in [5, 5.41) is 2.68. The van der Waals surface area contributed by atoms with E-state index in [9.17, 15) is 9.59 Å². The molecule has 1 amide bonds. The molecule has 1 aromatic carbocycles. The van der Waals surface area contributed by atoms with Crippen molar-refractivity contribution in [1.82, 2.24) is 5.32 Å². The van der Waals surface area contributed by atoms with E-state index in [1.54, 1.807) is 6.08 Å². The minimum absolute atomic E-state index is 0.0416. The zero-order valence-electron chi connectivity index (χ0n) is 12.5. The van der Waals surface area contributed by atoms with E-state index < -0.39 is 15.8 Å². The van der Waals surface area contributed by atoms with Gasteiger partial charge in [-0.05, 0) is 24.5 Å². The standard InChI is InChI=1S/C17H18Cl3NO2/c18-17(19,20)16(13-8-4-5-9-14(13)22)21-15(23)11-10-12-6-2-1-3-7-12/h1-3,6-7,10-11,13,16H,4-5,8-9H2,(H,21,23)/b11-10+/t13-,16?/m1/s1. The van der Waals surface area contributed by atoms with Gasteiger partial charge in [0.2, 0.25) is 9.70 Å². The van der Waals surface area contributed by atoms with Gasteiger partial charge in [0.05, 0.1) is 6.04 Å². The number of hydrogen-bond acceptors (Lipinski definition) is 2. The third kappa shape index (κ3) is 5.52. The predicted octanol–water partition coefficient (Wildman–Crippen LogP) is 4.31. The van der Waals surface area contributed by atoms with Crippen molar-refractivity contribution >= 4 is 52.6 Å². The predicted molar refractivity (Wildman–Crippen MR) is 94.7 cm³/mol. The van der Waals surface area contributed by atoms with Crippen LogP contribution in [0.1, 0.15) is 31.2 Å². The normalized spacial score (nSPS) is 20.5. The molecular weight excluding hydrogens is 357 g/mol. The van der Waals surface area contributed by atoms with Crippen LogP contribution in [-0.4, -0.2) is 21.5 Å². The first kappa shape index (κ1) is 18.3. The molecule has 0 aliphatic heterocycles. The van der Waals surface area contributed by atoms with Crippen molar-refractivity contribution in [2.45, 2.75) is 35.5 Å². The lowest BCUT2D eigenvalue weighted by Gasteiger charge is -2.33. The maximum Gasteiger partial charge on any atom is 0.244 e. The molecule has 1 aromatic rings. The Hall–Kier alpha value is -1.03. The highest BCUT2D eigenvalue weighted by Crippen LogP contribution is 2.38. The fourth-order valence-electron chi connectivity index (χ4n) is 2.71. The SMILES string of the molecule is O=C(/C=C/c1ccccc1)NC([C@@H]1CCCCC1=O)C(Cl)(Cl)Cl. The number of Topliss-reactive ketones (excluding diaryl/α,β-unsaturated/α-hetero) is 1. The molecular formula is C17H18Cl3NO2. The van der Waals surface area contributed by atoms with Crippen LogP contribution >= 0.6 is 34.8 Å². The zero-order chi connectivity index (χ0) is 16.9. The van der Waals surface area contributed by atoms with Crippen molar-refractivity contribution in [2.75, 3.05) is 0 Å². The number of benzene rings is 1. The Morgan fingerprint density at radius 2 is 1.91 bits per heavy atom. The van der Waals surface area contributed by atoms with Gasteiger partial charge in [0, 0.05) is 18.4 Å². The molecule has 1 aliphatic rings. The van der Waals surface area contributed by atoms with Crippen molar-refractivity contribution in [3.8, 4) is 0 Å². The summed E-state index contributed by atoms with van der Waals surface area (Å²) in [6, 6.07) is 8.57. The number of amides is 1. The van der Waals surface area contributed by atoms with E-state index in [0.29, 0.717) is 12.8 Å². The fraction of sp³-hybridized carbons (Fsp3) is 0.412. The lowest BCUT2D eigenvalue weighted by atomic mass is 9.83. The van der Waals surface area contributed by atoms with E-state index >= 15 is 0 Å². The molecule has 1 aliphatic carbocycles. The van der Waals surface area contributed by atoms with Gasteiger partial charge in [-0.15, -0.1) is 0 Å². The zero-order valence-corrected chi connectivity index (χ0v) is 14.7. The van der Waals surface area contributed by atoms with Gasteiger partial charge in [-0.3, -0.25) is 9.59 Å². The molecule has 1 fully saturated rings.